The van der Waals surface area contributed by atoms with E-state index in [-0.39, 0.29) is 23.7 Å². The fourth-order valence-electron chi connectivity index (χ4n) is 1.70. The van der Waals surface area contributed by atoms with Gasteiger partial charge in [-0.25, -0.2) is 4.39 Å². The number of benzene rings is 1. The summed E-state index contributed by atoms with van der Waals surface area (Å²) in [5.41, 5.74) is 1.09. The second-order valence-corrected chi connectivity index (χ2v) is 6.80. The molecule has 114 valence electrons. The molecule has 2 rings (SSSR count). The van der Waals surface area contributed by atoms with Gasteiger partial charge in [-0.1, -0.05) is 15.9 Å². The molecule has 0 saturated heterocycles. The zero-order chi connectivity index (χ0) is 15.5. The molecular weight excluding hydrogens is 337 g/mol. The molecule has 1 aromatic heterocycles. The normalized spacial score (nSPS) is 11.7. The number of nitrogens with one attached hydrogen (secondary N) is 1. The monoisotopic (exact) mass is 355 g/mol. The van der Waals surface area contributed by atoms with Crippen LogP contribution in [-0.2, 0) is 13.2 Å². The van der Waals surface area contributed by atoms with Crippen LogP contribution in [-0.4, -0.2) is 5.54 Å². The molecule has 0 spiro atoms. The molecule has 0 bridgehead atoms. The van der Waals surface area contributed by atoms with Gasteiger partial charge in [-0.3, -0.25) is 0 Å². The number of rotatable bonds is 5. The van der Waals surface area contributed by atoms with E-state index >= 15 is 0 Å². The van der Waals surface area contributed by atoms with Crippen molar-refractivity contribution in [2.24, 2.45) is 0 Å². The van der Waals surface area contributed by atoms with Crippen LogP contribution in [0.3, 0.4) is 0 Å². The minimum atomic E-state index is -0.389. The van der Waals surface area contributed by atoms with Crippen LogP contribution in [0.15, 0.2) is 39.4 Å². The average Bonchev–Trinajstić information content (AvgIpc) is 2.85. The first-order valence-electron chi connectivity index (χ1n) is 6.73. The van der Waals surface area contributed by atoms with Crippen LogP contribution in [0.2, 0.25) is 0 Å². The van der Waals surface area contributed by atoms with E-state index < -0.39 is 0 Å². The Morgan fingerprint density at radius 3 is 2.76 bits per heavy atom. The van der Waals surface area contributed by atoms with Crippen LogP contribution in [0.5, 0.6) is 5.75 Å². The molecule has 0 aliphatic rings. The van der Waals surface area contributed by atoms with Crippen LogP contribution < -0.4 is 10.1 Å². The Labute approximate surface area is 132 Å². The quantitative estimate of drug-likeness (QED) is 0.847. The van der Waals surface area contributed by atoms with Crippen molar-refractivity contribution >= 4 is 15.9 Å². The summed E-state index contributed by atoms with van der Waals surface area (Å²) in [5.74, 6) is 0.481. The summed E-state index contributed by atoms with van der Waals surface area (Å²) in [6, 6.07) is 6.50. The maximum absolute atomic E-state index is 13.5. The molecule has 1 N–H and O–H groups in total. The van der Waals surface area contributed by atoms with Crippen molar-refractivity contribution in [3.8, 4) is 5.75 Å². The molecule has 0 amide bonds. The first-order chi connectivity index (χ1) is 9.83. The van der Waals surface area contributed by atoms with Crippen LogP contribution >= 0.6 is 15.9 Å². The SMILES string of the molecule is CC(C)(C)NCc1coc(COc2cc(Br)ccc2F)c1. The van der Waals surface area contributed by atoms with E-state index in [2.05, 4.69) is 42.0 Å². The fraction of sp³-hybridized carbons (Fsp3) is 0.375. The molecular formula is C16H19BrFNO2. The molecule has 0 saturated carbocycles. The third kappa shape index (κ3) is 5.17. The van der Waals surface area contributed by atoms with E-state index in [0.717, 1.165) is 16.6 Å². The Kier molecular flexibility index (Phi) is 5.06. The minimum absolute atomic E-state index is 0.0490. The lowest BCUT2D eigenvalue weighted by atomic mass is 10.1. The highest BCUT2D eigenvalue weighted by Crippen LogP contribution is 2.23. The summed E-state index contributed by atoms with van der Waals surface area (Å²) < 4.78 is 25.2. The van der Waals surface area contributed by atoms with Gasteiger partial charge < -0.3 is 14.5 Å². The van der Waals surface area contributed by atoms with Crippen LogP contribution in [0.1, 0.15) is 32.1 Å². The summed E-state index contributed by atoms with van der Waals surface area (Å²) in [6.45, 7) is 7.23. The number of halogens is 2. The Hall–Kier alpha value is -1.33. The topological polar surface area (TPSA) is 34.4 Å². The summed E-state index contributed by atoms with van der Waals surface area (Å²) in [7, 11) is 0. The van der Waals surface area contributed by atoms with Crippen LogP contribution in [0.25, 0.3) is 0 Å². The Bertz CT molecular complexity index is 605. The molecule has 21 heavy (non-hydrogen) atoms. The zero-order valence-corrected chi connectivity index (χ0v) is 14.0. The fourth-order valence-corrected chi connectivity index (χ4v) is 2.04. The van der Waals surface area contributed by atoms with Crippen molar-refractivity contribution in [1.82, 2.24) is 5.32 Å². The van der Waals surface area contributed by atoms with E-state index in [1.165, 1.54) is 6.07 Å². The van der Waals surface area contributed by atoms with Gasteiger partial charge in [0.15, 0.2) is 11.6 Å². The number of ether oxygens (including phenoxy) is 1. The van der Waals surface area contributed by atoms with E-state index in [1.54, 1.807) is 18.4 Å². The van der Waals surface area contributed by atoms with E-state index in [0.29, 0.717) is 5.76 Å². The molecule has 0 atom stereocenters. The van der Waals surface area contributed by atoms with E-state index in [9.17, 15) is 4.39 Å². The average molecular weight is 356 g/mol. The zero-order valence-electron chi connectivity index (χ0n) is 12.4. The van der Waals surface area contributed by atoms with Gasteiger partial charge in [-0.2, -0.15) is 0 Å². The highest BCUT2D eigenvalue weighted by molar-refractivity contribution is 9.10. The molecule has 1 heterocycles. The van der Waals surface area contributed by atoms with Gasteiger partial charge in [-0.05, 0) is 45.0 Å². The van der Waals surface area contributed by atoms with Crippen molar-refractivity contribution in [1.29, 1.82) is 0 Å². The van der Waals surface area contributed by atoms with Gasteiger partial charge in [-0.15, -0.1) is 0 Å². The van der Waals surface area contributed by atoms with Crippen molar-refractivity contribution < 1.29 is 13.5 Å². The first kappa shape index (κ1) is 16.0. The van der Waals surface area contributed by atoms with E-state index in [4.69, 9.17) is 9.15 Å². The summed E-state index contributed by atoms with van der Waals surface area (Å²) in [5, 5.41) is 3.37. The highest BCUT2D eigenvalue weighted by Gasteiger charge is 2.11. The molecule has 0 radical (unpaired) electrons. The summed E-state index contributed by atoms with van der Waals surface area (Å²) in [4.78, 5) is 0. The lowest BCUT2D eigenvalue weighted by Gasteiger charge is -2.19. The molecule has 0 fully saturated rings. The largest absolute Gasteiger partial charge is 0.483 e. The Balaban J connectivity index is 1.92. The minimum Gasteiger partial charge on any atom is -0.483 e. The Morgan fingerprint density at radius 1 is 1.29 bits per heavy atom. The Morgan fingerprint density at radius 2 is 2.05 bits per heavy atom. The van der Waals surface area contributed by atoms with Crippen molar-refractivity contribution in [3.05, 3.63) is 52.1 Å². The highest BCUT2D eigenvalue weighted by atomic mass is 79.9. The van der Waals surface area contributed by atoms with Crippen molar-refractivity contribution in [2.45, 2.75) is 39.5 Å². The molecule has 2 aromatic rings. The van der Waals surface area contributed by atoms with E-state index in [1.807, 2.05) is 6.07 Å². The lowest BCUT2D eigenvalue weighted by Crippen LogP contribution is -2.34. The maximum atomic E-state index is 13.5. The van der Waals surface area contributed by atoms with Gasteiger partial charge in [0.1, 0.15) is 12.4 Å². The smallest absolute Gasteiger partial charge is 0.165 e. The van der Waals surface area contributed by atoms with Gasteiger partial charge in [0.05, 0.1) is 6.26 Å². The predicted molar refractivity (Wildman–Crippen MR) is 83.7 cm³/mol. The summed E-state index contributed by atoms with van der Waals surface area (Å²) >= 11 is 3.29. The van der Waals surface area contributed by atoms with Crippen molar-refractivity contribution in [3.63, 3.8) is 0 Å². The van der Waals surface area contributed by atoms with Gasteiger partial charge in [0, 0.05) is 22.1 Å². The van der Waals surface area contributed by atoms with Gasteiger partial charge >= 0.3 is 0 Å². The molecule has 3 nitrogen and oxygen atoms in total. The second kappa shape index (κ2) is 6.62. The number of hydrogen-bond donors (Lipinski definition) is 1. The molecule has 5 heteroatoms. The molecule has 0 unspecified atom stereocenters. The molecule has 0 aliphatic heterocycles. The lowest BCUT2D eigenvalue weighted by molar-refractivity contribution is 0.258. The number of hydrogen-bond acceptors (Lipinski definition) is 3. The van der Waals surface area contributed by atoms with Crippen LogP contribution in [0.4, 0.5) is 4.39 Å². The number of furan rings is 1. The third-order valence-electron chi connectivity index (χ3n) is 2.79. The van der Waals surface area contributed by atoms with Gasteiger partial charge in [0.25, 0.3) is 0 Å². The summed E-state index contributed by atoms with van der Waals surface area (Å²) in [6.07, 6.45) is 1.69. The standard InChI is InChI=1S/C16H19BrFNO2/c1-16(2,3)19-8-11-6-13(20-9-11)10-21-15-7-12(17)4-5-14(15)18/h4-7,9,19H,8,10H2,1-3H3. The molecule has 0 aliphatic carbocycles. The first-order valence-corrected chi connectivity index (χ1v) is 7.52. The van der Waals surface area contributed by atoms with Gasteiger partial charge in [0.2, 0.25) is 0 Å². The third-order valence-corrected chi connectivity index (χ3v) is 3.29. The maximum Gasteiger partial charge on any atom is 0.165 e. The van der Waals surface area contributed by atoms with Crippen LogP contribution in [0, 0.1) is 5.82 Å². The molecule has 1 aromatic carbocycles. The second-order valence-electron chi connectivity index (χ2n) is 5.89. The predicted octanol–water partition coefficient (Wildman–Crippen LogP) is 4.65. The van der Waals surface area contributed by atoms with Crippen molar-refractivity contribution in [2.75, 3.05) is 0 Å².